The van der Waals surface area contributed by atoms with Crippen LogP contribution >= 0.6 is 11.5 Å². The molecule has 24 heavy (non-hydrogen) atoms. The average molecular weight is 334 g/mol. The lowest BCUT2D eigenvalue weighted by Crippen LogP contribution is -2.15. The van der Waals surface area contributed by atoms with Gasteiger partial charge in [0.05, 0.1) is 5.69 Å². The molecule has 0 unspecified atom stereocenters. The van der Waals surface area contributed by atoms with Gasteiger partial charge < -0.3 is 0 Å². The summed E-state index contributed by atoms with van der Waals surface area (Å²) in [6, 6.07) is 22.2. The van der Waals surface area contributed by atoms with Gasteiger partial charge in [0.1, 0.15) is 0 Å². The molecule has 0 atom stereocenters. The van der Waals surface area contributed by atoms with Gasteiger partial charge in [-0.3, -0.25) is 9.78 Å². The second-order valence-corrected chi connectivity index (χ2v) is 6.47. The maximum absolute atomic E-state index is 12.0. The molecule has 1 heterocycles. The molecule has 0 bridgehead atoms. The van der Waals surface area contributed by atoms with Crippen LogP contribution < -0.4 is 10.6 Å². The molecule has 4 rings (SSSR count). The van der Waals surface area contributed by atoms with E-state index in [4.69, 9.17) is 0 Å². The second kappa shape index (κ2) is 5.94. The van der Waals surface area contributed by atoms with Crippen LogP contribution in [0.15, 0.2) is 76.3 Å². The van der Waals surface area contributed by atoms with Crippen LogP contribution in [0.5, 0.6) is 0 Å². The normalized spacial score (nSPS) is 11.0. The highest BCUT2D eigenvalue weighted by Gasteiger charge is 2.11. The Hall–Kier alpha value is -2.92. The van der Waals surface area contributed by atoms with Gasteiger partial charge >= 0.3 is 10.6 Å². The van der Waals surface area contributed by atoms with Gasteiger partial charge in [-0.1, -0.05) is 60.7 Å². The monoisotopic (exact) mass is 334 g/mol. The summed E-state index contributed by atoms with van der Waals surface area (Å²) in [6.07, 6.45) is 0.819. The Kier molecular flexibility index (Phi) is 3.63. The summed E-state index contributed by atoms with van der Waals surface area (Å²) in [7, 11) is 0. The number of aromatic amines is 1. The van der Waals surface area contributed by atoms with E-state index in [1.54, 1.807) is 0 Å². The van der Waals surface area contributed by atoms with E-state index in [1.807, 2.05) is 48.5 Å². The van der Waals surface area contributed by atoms with E-state index >= 15 is 0 Å². The van der Waals surface area contributed by atoms with E-state index in [2.05, 4.69) is 23.2 Å². The highest BCUT2D eigenvalue weighted by atomic mass is 32.1. The van der Waals surface area contributed by atoms with Gasteiger partial charge in [-0.15, -0.1) is 0 Å². The van der Waals surface area contributed by atoms with Crippen LogP contribution in [0.3, 0.4) is 0 Å². The number of benzene rings is 3. The lowest BCUT2D eigenvalue weighted by Gasteiger charge is -2.11. The minimum absolute atomic E-state index is 0.350. The number of nitrogens with one attached hydrogen (secondary N) is 1. The van der Waals surface area contributed by atoms with Gasteiger partial charge in [0.2, 0.25) is 0 Å². The van der Waals surface area contributed by atoms with Gasteiger partial charge in [0.15, 0.2) is 0 Å². The van der Waals surface area contributed by atoms with Crippen molar-refractivity contribution >= 4 is 22.3 Å². The fourth-order valence-electron chi connectivity index (χ4n) is 2.94. The van der Waals surface area contributed by atoms with E-state index in [-0.39, 0.29) is 4.87 Å². The summed E-state index contributed by atoms with van der Waals surface area (Å²) >= 11 is 0.885. The molecule has 0 fully saturated rings. The van der Waals surface area contributed by atoms with Crippen molar-refractivity contribution in [3.8, 4) is 5.69 Å². The number of fused-ring (bicyclic) bond motifs is 1. The molecular formula is C19H14N2O2S. The molecule has 0 aliphatic heterocycles. The first-order valence-electron chi connectivity index (χ1n) is 7.60. The van der Waals surface area contributed by atoms with Crippen LogP contribution in [0.25, 0.3) is 16.5 Å². The molecule has 0 radical (unpaired) electrons. The van der Waals surface area contributed by atoms with Crippen molar-refractivity contribution in [2.24, 2.45) is 0 Å². The average Bonchev–Trinajstić information content (AvgIpc) is 2.94. The van der Waals surface area contributed by atoms with Crippen molar-refractivity contribution in [1.82, 2.24) is 8.94 Å². The number of aromatic nitrogens is 2. The zero-order valence-corrected chi connectivity index (χ0v) is 13.5. The highest BCUT2D eigenvalue weighted by molar-refractivity contribution is 7.03. The smallest absolute Gasteiger partial charge is 0.263 e. The van der Waals surface area contributed by atoms with E-state index in [1.165, 1.54) is 15.1 Å². The largest absolute Gasteiger partial charge is 0.343 e. The number of nitrogens with zero attached hydrogens (tertiary/aromatic N) is 1. The van der Waals surface area contributed by atoms with E-state index < -0.39 is 5.69 Å². The standard InChI is InChI=1S/C19H14N2O2S/c22-18-20-19(23)24-21(18)17-11-10-14(12-13-6-2-1-3-7-13)15-8-4-5-9-16(15)17/h1-11H,12H2,(H,20,22,23). The number of hydrogen-bond donors (Lipinski definition) is 1. The minimum atomic E-state index is -0.397. The van der Waals surface area contributed by atoms with Crippen molar-refractivity contribution in [2.45, 2.75) is 6.42 Å². The molecule has 0 spiro atoms. The van der Waals surface area contributed by atoms with Crippen LogP contribution in [0, 0.1) is 0 Å². The lowest BCUT2D eigenvalue weighted by molar-refractivity contribution is 1.05. The molecule has 118 valence electrons. The van der Waals surface area contributed by atoms with Crippen LogP contribution in [-0.4, -0.2) is 8.94 Å². The van der Waals surface area contributed by atoms with Crippen molar-refractivity contribution in [1.29, 1.82) is 0 Å². The summed E-state index contributed by atoms with van der Waals surface area (Å²) in [4.78, 5) is 25.4. The lowest BCUT2D eigenvalue weighted by atomic mass is 9.97. The number of rotatable bonds is 3. The van der Waals surface area contributed by atoms with E-state index in [0.717, 1.165) is 34.4 Å². The summed E-state index contributed by atoms with van der Waals surface area (Å²) in [5.41, 5.74) is 2.76. The third-order valence-corrected chi connectivity index (χ3v) is 4.83. The molecule has 0 aliphatic rings. The van der Waals surface area contributed by atoms with Gasteiger partial charge in [0, 0.05) is 16.9 Å². The second-order valence-electron chi connectivity index (χ2n) is 5.56. The Bertz CT molecular complexity index is 1120. The quantitative estimate of drug-likeness (QED) is 0.625. The summed E-state index contributed by atoms with van der Waals surface area (Å²) < 4.78 is 1.41. The number of H-pyrrole nitrogens is 1. The Morgan fingerprint density at radius 1 is 0.833 bits per heavy atom. The summed E-state index contributed by atoms with van der Waals surface area (Å²) in [6.45, 7) is 0. The van der Waals surface area contributed by atoms with Gasteiger partial charge in [-0.25, -0.2) is 8.75 Å². The van der Waals surface area contributed by atoms with Gasteiger partial charge in [0.25, 0.3) is 0 Å². The Morgan fingerprint density at radius 2 is 1.54 bits per heavy atom. The maximum atomic E-state index is 12.0. The molecule has 1 N–H and O–H groups in total. The third kappa shape index (κ3) is 2.59. The van der Waals surface area contributed by atoms with Crippen LogP contribution in [0.1, 0.15) is 11.1 Å². The van der Waals surface area contributed by atoms with Crippen LogP contribution in [-0.2, 0) is 6.42 Å². The topological polar surface area (TPSA) is 54.9 Å². The molecule has 3 aromatic carbocycles. The number of hydrogen-bond acceptors (Lipinski definition) is 3. The van der Waals surface area contributed by atoms with E-state index in [9.17, 15) is 9.59 Å². The fourth-order valence-corrected chi connectivity index (χ4v) is 3.62. The van der Waals surface area contributed by atoms with Crippen molar-refractivity contribution < 1.29 is 0 Å². The first-order chi connectivity index (χ1) is 11.7. The van der Waals surface area contributed by atoms with E-state index in [0.29, 0.717) is 0 Å². The predicted octanol–water partition coefficient (Wildman–Crippen LogP) is 3.33. The van der Waals surface area contributed by atoms with Gasteiger partial charge in [-0.05, 0) is 29.0 Å². The molecule has 4 aromatic rings. The first kappa shape index (κ1) is 14.7. The summed E-state index contributed by atoms with van der Waals surface area (Å²) in [5.74, 6) is 0. The summed E-state index contributed by atoms with van der Waals surface area (Å²) in [5, 5.41) is 2.05. The van der Waals surface area contributed by atoms with Crippen LogP contribution in [0.4, 0.5) is 0 Å². The van der Waals surface area contributed by atoms with Gasteiger partial charge in [-0.2, -0.15) is 0 Å². The Balaban J connectivity index is 1.91. The SMILES string of the molecule is O=c1[nH]c(=O)n(-c2ccc(Cc3ccccc3)c3ccccc23)s1. The minimum Gasteiger partial charge on any atom is -0.263 e. The predicted molar refractivity (Wildman–Crippen MR) is 97.3 cm³/mol. The molecule has 0 saturated heterocycles. The maximum Gasteiger partial charge on any atom is 0.343 e. The van der Waals surface area contributed by atoms with Crippen molar-refractivity contribution in [2.75, 3.05) is 0 Å². The fraction of sp³-hybridized carbons (Fsp3) is 0.0526. The van der Waals surface area contributed by atoms with Crippen molar-refractivity contribution in [3.63, 3.8) is 0 Å². The van der Waals surface area contributed by atoms with Crippen molar-refractivity contribution in [3.05, 3.63) is 98.0 Å². The molecule has 0 saturated carbocycles. The molecule has 4 nitrogen and oxygen atoms in total. The molecule has 0 amide bonds. The Labute approximate surface area is 141 Å². The first-order valence-corrected chi connectivity index (χ1v) is 8.37. The molecular weight excluding hydrogens is 320 g/mol. The molecule has 1 aromatic heterocycles. The van der Waals surface area contributed by atoms with Crippen LogP contribution in [0.2, 0.25) is 0 Å². The molecule has 0 aliphatic carbocycles. The highest BCUT2D eigenvalue weighted by Crippen LogP contribution is 2.27. The molecule has 5 heteroatoms. The zero-order valence-electron chi connectivity index (χ0n) is 12.7. The zero-order chi connectivity index (χ0) is 16.5. The Morgan fingerprint density at radius 3 is 2.25 bits per heavy atom. The third-order valence-electron chi connectivity index (χ3n) is 4.02.